The van der Waals surface area contributed by atoms with Gasteiger partial charge in [-0.25, -0.2) is 0 Å². The molecular weight excluding hydrogens is 310 g/mol. The number of para-hydroxylation sites is 1. The van der Waals surface area contributed by atoms with Gasteiger partial charge in [0.2, 0.25) is 5.91 Å². The number of rotatable bonds is 3. The minimum absolute atomic E-state index is 0.104. The average molecular weight is 333 g/mol. The van der Waals surface area contributed by atoms with Gasteiger partial charge in [-0.05, 0) is 43.9 Å². The maximum Gasteiger partial charge on any atom is 0.246 e. The molecule has 25 heavy (non-hydrogen) atoms. The van der Waals surface area contributed by atoms with E-state index in [0.29, 0.717) is 6.04 Å². The van der Waals surface area contributed by atoms with Crippen molar-refractivity contribution in [3.63, 3.8) is 0 Å². The molecule has 4 rings (SSSR count). The number of pyridine rings is 1. The number of nitrogens with one attached hydrogen (secondary N) is 1. The van der Waals surface area contributed by atoms with Crippen LogP contribution in [0.15, 0.2) is 42.6 Å². The second-order valence-corrected chi connectivity index (χ2v) is 6.75. The molecule has 0 saturated carbocycles. The van der Waals surface area contributed by atoms with E-state index in [1.54, 1.807) is 6.08 Å². The lowest BCUT2D eigenvalue weighted by molar-refractivity contribution is -0.129. The third-order valence-electron chi connectivity index (χ3n) is 5.19. The van der Waals surface area contributed by atoms with E-state index >= 15 is 0 Å². The van der Waals surface area contributed by atoms with Crippen molar-refractivity contribution >= 4 is 33.8 Å². The predicted octanol–water partition coefficient (Wildman–Crippen LogP) is 4.52. The first-order chi connectivity index (χ1) is 12.3. The Kier molecular flexibility index (Phi) is 4.26. The molecule has 1 aromatic carbocycles. The number of hydrogen-bond acceptors (Lipinski definition) is 2. The van der Waals surface area contributed by atoms with Gasteiger partial charge in [-0.1, -0.05) is 25.1 Å². The van der Waals surface area contributed by atoms with E-state index < -0.39 is 0 Å². The summed E-state index contributed by atoms with van der Waals surface area (Å²) in [4.78, 5) is 22.4. The van der Waals surface area contributed by atoms with E-state index in [1.807, 2.05) is 35.4 Å². The molecular formula is C21H23N3O. The van der Waals surface area contributed by atoms with Gasteiger partial charge in [-0.2, -0.15) is 0 Å². The molecule has 1 aliphatic rings. The van der Waals surface area contributed by atoms with E-state index in [1.165, 1.54) is 11.8 Å². The zero-order valence-electron chi connectivity index (χ0n) is 14.5. The quantitative estimate of drug-likeness (QED) is 0.716. The number of aromatic amines is 1. The summed E-state index contributed by atoms with van der Waals surface area (Å²) in [6, 6.07) is 10.7. The molecule has 1 atom stereocenters. The number of fused-ring (bicyclic) bond motifs is 3. The third-order valence-corrected chi connectivity index (χ3v) is 5.19. The number of piperidine rings is 1. The number of hydrogen-bond donors (Lipinski definition) is 1. The highest BCUT2D eigenvalue weighted by Gasteiger charge is 2.23. The van der Waals surface area contributed by atoms with Gasteiger partial charge in [0, 0.05) is 35.0 Å². The number of benzene rings is 1. The molecule has 1 unspecified atom stereocenters. The number of likely N-dealkylation sites (tertiary alicyclic amines) is 1. The topological polar surface area (TPSA) is 49.0 Å². The Hall–Kier alpha value is -2.62. The van der Waals surface area contributed by atoms with Gasteiger partial charge in [0.25, 0.3) is 0 Å². The van der Waals surface area contributed by atoms with Crippen LogP contribution in [0, 0.1) is 0 Å². The molecule has 1 saturated heterocycles. The second kappa shape index (κ2) is 6.71. The Labute approximate surface area is 147 Å². The number of carbonyl (C=O) groups is 1. The highest BCUT2D eigenvalue weighted by molar-refractivity contribution is 6.07. The molecule has 3 heterocycles. The summed E-state index contributed by atoms with van der Waals surface area (Å²) >= 11 is 0. The molecule has 0 bridgehead atoms. The van der Waals surface area contributed by atoms with Crippen LogP contribution in [0.25, 0.3) is 27.9 Å². The van der Waals surface area contributed by atoms with Gasteiger partial charge >= 0.3 is 0 Å². The summed E-state index contributed by atoms with van der Waals surface area (Å²) in [6.45, 7) is 3.03. The summed E-state index contributed by atoms with van der Waals surface area (Å²) in [5.41, 5.74) is 2.94. The first-order valence-electron chi connectivity index (χ1n) is 9.11. The standard InChI is InChI=1S/C21H23N3O/c1-2-16-7-5-6-12-24(16)21(25)11-10-15-13-18-17-8-3-4-9-19(17)23-20(18)14-22-15/h3-4,8-11,13-14,16,23H,2,5-7,12H2,1H3/b11-10+. The Morgan fingerprint density at radius 3 is 3.04 bits per heavy atom. The first kappa shape index (κ1) is 15.9. The van der Waals surface area contributed by atoms with E-state index in [4.69, 9.17) is 0 Å². The zero-order valence-corrected chi connectivity index (χ0v) is 14.5. The first-order valence-corrected chi connectivity index (χ1v) is 9.11. The van der Waals surface area contributed by atoms with Crippen LogP contribution in [0.3, 0.4) is 0 Å². The van der Waals surface area contributed by atoms with Gasteiger partial charge in [-0.15, -0.1) is 0 Å². The van der Waals surface area contributed by atoms with Gasteiger partial charge in [0.1, 0.15) is 0 Å². The van der Waals surface area contributed by atoms with Gasteiger partial charge < -0.3 is 9.88 Å². The van der Waals surface area contributed by atoms with Crippen molar-refractivity contribution in [2.24, 2.45) is 0 Å². The lowest BCUT2D eigenvalue weighted by Gasteiger charge is -2.34. The SMILES string of the molecule is CCC1CCCCN1C(=O)/C=C/c1cc2c(cn1)[nH]c1ccccc12. The van der Waals surface area contributed by atoms with Gasteiger partial charge in [0.15, 0.2) is 0 Å². The number of aromatic nitrogens is 2. The van der Waals surface area contributed by atoms with Crippen molar-refractivity contribution in [1.29, 1.82) is 0 Å². The summed E-state index contributed by atoms with van der Waals surface area (Å²) < 4.78 is 0. The Morgan fingerprint density at radius 1 is 1.28 bits per heavy atom. The van der Waals surface area contributed by atoms with E-state index in [2.05, 4.69) is 29.0 Å². The Morgan fingerprint density at radius 2 is 2.16 bits per heavy atom. The second-order valence-electron chi connectivity index (χ2n) is 6.75. The van der Waals surface area contributed by atoms with Crippen molar-refractivity contribution in [2.45, 2.75) is 38.6 Å². The molecule has 0 aliphatic carbocycles. The molecule has 128 valence electrons. The Bertz CT molecular complexity index is 941. The van der Waals surface area contributed by atoms with Crippen LogP contribution >= 0.6 is 0 Å². The zero-order chi connectivity index (χ0) is 17.2. The summed E-state index contributed by atoms with van der Waals surface area (Å²) in [6.07, 6.45) is 9.84. The highest BCUT2D eigenvalue weighted by Crippen LogP contribution is 2.25. The highest BCUT2D eigenvalue weighted by atomic mass is 16.2. The fraction of sp³-hybridized carbons (Fsp3) is 0.333. The van der Waals surface area contributed by atoms with Crippen molar-refractivity contribution in [1.82, 2.24) is 14.9 Å². The normalized spacial score (nSPS) is 18.4. The number of amides is 1. The van der Waals surface area contributed by atoms with Gasteiger partial charge in [-0.3, -0.25) is 9.78 Å². The maximum atomic E-state index is 12.6. The number of carbonyl (C=O) groups excluding carboxylic acids is 1. The van der Waals surface area contributed by atoms with Crippen LogP contribution in [0.5, 0.6) is 0 Å². The van der Waals surface area contributed by atoms with Crippen LogP contribution in [0.1, 0.15) is 38.3 Å². The van der Waals surface area contributed by atoms with E-state index in [9.17, 15) is 4.79 Å². The molecule has 0 spiro atoms. The van der Waals surface area contributed by atoms with Crippen LogP contribution in [-0.4, -0.2) is 33.4 Å². The van der Waals surface area contributed by atoms with Crippen molar-refractivity contribution in [3.05, 3.63) is 48.3 Å². The van der Waals surface area contributed by atoms with E-state index in [-0.39, 0.29) is 5.91 Å². The molecule has 1 amide bonds. The molecule has 4 heteroatoms. The molecule has 1 aliphatic heterocycles. The summed E-state index contributed by atoms with van der Waals surface area (Å²) in [5, 5.41) is 2.32. The van der Waals surface area contributed by atoms with Crippen LogP contribution in [0.4, 0.5) is 0 Å². The largest absolute Gasteiger partial charge is 0.353 e. The molecule has 1 N–H and O–H groups in total. The fourth-order valence-electron chi connectivity index (χ4n) is 3.82. The summed E-state index contributed by atoms with van der Waals surface area (Å²) in [7, 11) is 0. The fourth-order valence-corrected chi connectivity index (χ4v) is 3.82. The Balaban J connectivity index is 1.60. The molecule has 3 aromatic rings. The molecule has 2 aromatic heterocycles. The lowest BCUT2D eigenvalue weighted by atomic mass is 10.00. The maximum absolute atomic E-state index is 12.6. The van der Waals surface area contributed by atoms with Crippen LogP contribution in [-0.2, 0) is 4.79 Å². The van der Waals surface area contributed by atoms with Crippen molar-refractivity contribution < 1.29 is 4.79 Å². The number of nitrogens with zero attached hydrogens (tertiary/aromatic N) is 2. The van der Waals surface area contributed by atoms with Gasteiger partial charge in [0.05, 0.1) is 17.4 Å². The smallest absolute Gasteiger partial charge is 0.246 e. The summed E-state index contributed by atoms with van der Waals surface area (Å²) in [5.74, 6) is 0.104. The molecule has 0 radical (unpaired) electrons. The van der Waals surface area contributed by atoms with E-state index in [0.717, 1.165) is 47.9 Å². The molecule has 1 fully saturated rings. The van der Waals surface area contributed by atoms with Crippen molar-refractivity contribution in [2.75, 3.05) is 6.54 Å². The minimum atomic E-state index is 0.104. The monoisotopic (exact) mass is 333 g/mol. The third kappa shape index (κ3) is 3.04. The van der Waals surface area contributed by atoms with Crippen LogP contribution in [0.2, 0.25) is 0 Å². The number of H-pyrrole nitrogens is 1. The lowest BCUT2D eigenvalue weighted by Crippen LogP contribution is -2.42. The molecule has 4 nitrogen and oxygen atoms in total. The minimum Gasteiger partial charge on any atom is -0.353 e. The van der Waals surface area contributed by atoms with Crippen LogP contribution < -0.4 is 0 Å². The predicted molar refractivity (Wildman–Crippen MR) is 102 cm³/mol. The average Bonchev–Trinajstić information content (AvgIpc) is 3.04. The van der Waals surface area contributed by atoms with Crippen molar-refractivity contribution in [3.8, 4) is 0 Å².